The van der Waals surface area contributed by atoms with E-state index < -0.39 is 40.3 Å². The van der Waals surface area contributed by atoms with Crippen molar-refractivity contribution in [1.82, 2.24) is 0 Å². The molecule has 5 rings (SSSR count). The number of anilines is 1. The molecule has 9 nitrogen and oxygen atoms in total. The average molecular weight is 541 g/mol. The maximum atomic E-state index is 13.3. The van der Waals surface area contributed by atoms with E-state index in [9.17, 15) is 29.3 Å². The van der Waals surface area contributed by atoms with Crippen molar-refractivity contribution in [2.24, 2.45) is 0 Å². The summed E-state index contributed by atoms with van der Waals surface area (Å²) in [4.78, 5) is 64.1. The molecule has 0 saturated carbocycles. The highest BCUT2D eigenvalue weighted by molar-refractivity contribution is 6.35. The van der Waals surface area contributed by atoms with Gasteiger partial charge in [-0.25, -0.2) is 9.69 Å². The minimum Gasteiger partial charge on any atom is -0.445 e. The summed E-state index contributed by atoms with van der Waals surface area (Å²) < 4.78 is 5.65. The number of hydrogen-bond acceptors (Lipinski definition) is 7. The van der Waals surface area contributed by atoms with Crippen LogP contribution in [0.3, 0.4) is 0 Å². The lowest BCUT2D eigenvalue weighted by molar-refractivity contribution is -0.385. The molecule has 4 aromatic carbocycles. The summed E-state index contributed by atoms with van der Waals surface area (Å²) in [5.74, 6) is -2.99. The zero-order valence-corrected chi connectivity index (χ0v) is 20.7. The molecule has 1 aliphatic rings. The number of nitro benzene ring substituents is 1. The Morgan fingerprint density at radius 3 is 2.18 bits per heavy atom. The summed E-state index contributed by atoms with van der Waals surface area (Å²) >= 11 is 5.99. The fraction of sp³-hybridized carbons (Fsp3) is 0.0345. The van der Waals surface area contributed by atoms with Gasteiger partial charge in [0.2, 0.25) is 5.78 Å². The molecule has 192 valence electrons. The number of fused-ring (bicyclic) bond motifs is 1. The monoisotopic (exact) mass is 540 g/mol. The molecule has 0 aromatic heterocycles. The fourth-order valence-electron chi connectivity index (χ4n) is 4.27. The molecule has 0 unspecified atom stereocenters. The van der Waals surface area contributed by atoms with Crippen LogP contribution in [0.25, 0.3) is 0 Å². The Kier molecular flexibility index (Phi) is 6.74. The zero-order valence-electron chi connectivity index (χ0n) is 19.9. The van der Waals surface area contributed by atoms with Gasteiger partial charge in [-0.15, -0.1) is 0 Å². The second-order valence-corrected chi connectivity index (χ2v) is 8.96. The van der Waals surface area contributed by atoms with Gasteiger partial charge in [-0.05, 0) is 36.4 Å². The van der Waals surface area contributed by atoms with E-state index in [4.69, 9.17) is 16.3 Å². The second-order valence-electron chi connectivity index (χ2n) is 8.52. The highest BCUT2D eigenvalue weighted by Crippen LogP contribution is 2.34. The Hall–Kier alpha value is -5.15. The predicted octanol–water partition coefficient (Wildman–Crippen LogP) is 5.83. The van der Waals surface area contributed by atoms with E-state index in [2.05, 4.69) is 0 Å². The summed E-state index contributed by atoms with van der Waals surface area (Å²) in [7, 11) is 0. The van der Waals surface area contributed by atoms with E-state index in [1.165, 1.54) is 36.4 Å². The Labute approximate surface area is 226 Å². The summed E-state index contributed by atoms with van der Waals surface area (Å²) in [6, 6.07) is 23.9. The van der Waals surface area contributed by atoms with Crippen LogP contribution in [0.1, 0.15) is 53.1 Å². The number of ketones is 1. The van der Waals surface area contributed by atoms with Crippen LogP contribution in [0.4, 0.5) is 11.4 Å². The molecule has 0 saturated heterocycles. The highest BCUT2D eigenvalue weighted by Gasteiger charge is 2.42. The maximum Gasteiger partial charge on any atom is 0.339 e. The van der Waals surface area contributed by atoms with Crippen LogP contribution < -0.4 is 4.90 Å². The van der Waals surface area contributed by atoms with Crippen LogP contribution in [0.5, 0.6) is 0 Å². The summed E-state index contributed by atoms with van der Waals surface area (Å²) in [6.07, 6.45) is -1.30. The first kappa shape index (κ1) is 25.5. The lowest BCUT2D eigenvalue weighted by Crippen LogP contribution is -2.29. The number of imide groups is 1. The minimum atomic E-state index is -1.30. The van der Waals surface area contributed by atoms with Gasteiger partial charge in [-0.3, -0.25) is 24.5 Å². The van der Waals surface area contributed by atoms with E-state index in [0.29, 0.717) is 16.1 Å². The molecular weight excluding hydrogens is 524 g/mol. The fourth-order valence-corrected chi connectivity index (χ4v) is 4.39. The standard InChI is InChI=1S/C29H17ClN2O7/c30-20-14-12-18(13-15-20)26(25(33)17-6-2-1-3-7-17)39-29(36)19-8-4-9-21(16-19)31-27(34)22-10-5-11-23(32(37)38)24(22)28(31)35/h1-16,26H/t26-/m0/s1. The van der Waals surface area contributed by atoms with Crippen LogP contribution in [-0.2, 0) is 4.74 Å². The van der Waals surface area contributed by atoms with Crippen molar-refractivity contribution in [3.63, 3.8) is 0 Å². The molecule has 0 radical (unpaired) electrons. The number of ether oxygens (including phenoxy) is 1. The molecule has 0 spiro atoms. The molecule has 0 aliphatic carbocycles. The molecule has 0 N–H and O–H groups in total. The minimum absolute atomic E-state index is 0.0161. The lowest BCUT2D eigenvalue weighted by Gasteiger charge is -2.19. The smallest absolute Gasteiger partial charge is 0.339 e. The molecular formula is C29H17ClN2O7. The normalized spacial score (nSPS) is 13.1. The maximum absolute atomic E-state index is 13.3. The summed E-state index contributed by atoms with van der Waals surface area (Å²) in [5, 5.41) is 11.9. The number of Topliss-reactive ketones (excluding diaryl/α,β-unsaturated/α-hetero) is 1. The number of nitro groups is 1. The van der Waals surface area contributed by atoms with Crippen molar-refractivity contribution in [2.75, 3.05) is 4.90 Å². The SMILES string of the molecule is O=C(O[C@H](C(=O)c1ccccc1)c1ccc(Cl)cc1)c1cccc(N2C(=O)c3cccc([N+](=O)[O-])c3C2=O)c1. The predicted molar refractivity (Wildman–Crippen MR) is 141 cm³/mol. The zero-order chi connectivity index (χ0) is 27.7. The first-order chi connectivity index (χ1) is 18.8. The number of nitrogens with zero attached hydrogens (tertiary/aromatic N) is 2. The van der Waals surface area contributed by atoms with Gasteiger partial charge >= 0.3 is 5.97 Å². The van der Waals surface area contributed by atoms with E-state index in [0.717, 1.165) is 11.0 Å². The van der Waals surface area contributed by atoms with Gasteiger partial charge in [-0.2, -0.15) is 0 Å². The third kappa shape index (κ3) is 4.78. The number of halogens is 1. The largest absolute Gasteiger partial charge is 0.445 e. The summed E-state index contributed by atoms with van der Waals surface area (Å²) in [5.41, 5.74) is -0.234. The van der Waals surface area contributed by atoms with E-state index in [1.54, 1.807) is 54.6 Å². The van der Waals surface area contributed by atoms with Gasteiger partial charge in [0.1, 0.15) is 5.56 Å². The van der Waals surface area contributed by atoms with Crippen molar-refractivity contribution in [1.29, 1.82) is 0 Å². The van der Waals surface area contributed by atoms with E-state index in [1.807, 2.05) is 0 Å². The molecule has 4 aromatic rings. The molecule has 39 heavy (non-hydrogen) atoms. The van der Waals surface area contributed by atoms with Crippen molar-refractivity contribution in [3.05, 3.63) is 140 Å². The van der Waals surface area contributed by atoms with Gasteiger partial charge in [-0.1, -0.05) is 66.2 Å². The second kappa shape index (κ2) is 10.3. The van der Waals surface area contributed by atoms with Crippen LogP contribution >= 0.6 is 11.6 Å². The van der Waals surface area contributed by atoms with Crippen molar-refractivity contribution < 1.29 is 28.8 Å². The molecule has 1 atom stereocenters. The average Bonchev–Trinajstić information content (AvgIpc) is 3.21. The number of carbonyl (C=O) groups is 4. The Bertz CT molecular complexity index is 1650. The molecule has 0 bridgehead atoms. The summed E-state index contributed by atoms with van der Waals surface area (Å²) in [6.45, 7) is 0. The number of esters is 1. The van der Waals surface area contributed by atoms with Gasteiger partial charge in [0.05, 0.1) is 21.7 Å². The van der Waals surface area contributed by atoms with Gasteiger partial charge < -0.3 is 4.74 Å². The quantitative estimate of drug-likeness (QED) is 0.0949. The number of hydrogen-bond donors (Lipinski definition) is 0. The Morgan fingerprint density at radius 1 is 0.821 bits per heavy atom. The number of benzene rings is 4. The van der Waals surface area contributed by atoms with Crippen molar-refractivity contribution in [2.45, 2.75) is 6.10 Å². The van der Waals surface area contributed by atoms with Gasteiger partial charge in [0.25, 0.3) is 17.5 Å². The third-order valence-electron chi connectivity index (χ3n) is 6.12. The number of carbonyl (C=O) groups excluding carboxylic acids is 4. The van der Waals surface area contributed by atoms with Gasteiger partial charge in [0.15, 0.2) is 6.10 Å². The Morgan fingerprint density at radius 2 is 1.49 bits per heavy atom. The number of amides is 2. The van der Waals surface area contributed by atoms with E-state index >= 15 is 0 Å². The molecule has 2 amide bonds. The molecule has 1 heterocycles. The van der Waals surface area contributed by atoms with Crippen LogP contribution in [-0.4, -0.2) is 28.5 Å². The lowest BCUT2D eigenvalue weighted by atomic mass is 9.99. The van der Waals surface area contributed by atoms with Crippen molar-refractivity contribution >= 4 is 46.5 Å². The van der Waals surface area contributed by atoms with Crippen LogP contribution in [0, 0.1) is 10.1 Å². The first-order valence-electron chi connectivity index (χ1n) is 11.6. The first-order valence-corrected chi connectivity index (χ1v) is 12.0. The topological polar surface area (TPSA) is 124 Å². The number of rotatable bonds is 7. The van der Waals surface area contributed by atoms with Crippen LogP contribution in [0.15, 0.2) is 97.1 Å². The van der Waals surface area contributed by atoms with Crippen molar-refractivity contribution in [3.8, 4) is 0 Å². The van der Waals surface area contributed by atoms with Gasteiger partial charge in [0, 0.05) is 22.2 Å². The molecule has 10 heteroatoms. The van der Waals surface area contributed by atoms with E-state index in [-0.39, 0.29) is 22.4 Å². The third-order valence-corrected chi connectivity index (χ3v) is 6.38. The molecule has 0 fully saturated rings. The Balaban J connectivity index is 1.46. The molecule has 1 aliphatic heterocycles. The van der Waals surface area contributed by atoms with Crippen LogP contribution in [0.2, 0.25) is 5.02 Å². The highest BCUT2D eigenvalue weighted by atomic mass is 35.5.